The number of hydrogen-bond acceptors (Lipinski definition) is 18. The first kappa shape index (κ1) is 27.7. The predicted molar refractivity (Wildman–Crippen MR) is 136 cm³/mol. The second kappa shape index (κ2) is 10.2. The lowest BCUT2D eigenvalue weighted by atomic mass is 10.1. The molecule has 0 saturated heterocycles. The van der Waals surface area contributed by atoms with Gasteiger partial charge in [0, 0.05) is 0 Å². The molecule has 2 aromatic carbocycles. The van der Waals surface area contributed by atoms with E-state index in [9.17, 15) is 40.5 Å². The van der Waals surface area contributed by atoms with Crippen LogP contribution in [0.5, 0.6) is 0 Å². The van der Waals surface area contributed by atoms with E-state index in [1.165, 1.54) is 0 Å². The molecule has 0 aliphatic carbocycles. The molecule has 40 heavy (non-hydrogen) atoms. The molecule has 0 amide bonds. The van der Waals surface area contributed by atoms with E-state index in [1.54, 1.807) is 0 Å². The Hall–Kier alpha value is -6.88. The summed E-state index contributed by atoms with van der Waals surface area (Å²) in [6.45, 7) is 0. The quantitative estimate of drug-likeness (QED) is 0.0996. The molecule has 0 fully saturated rings. The molecule has 4 aromatic rings. The molecule has 0 radical (unpaired) electrons. The van der Waals surface area contributed by atoms with Gasteiger partial charge in [0.05, 0.1) is 19.7 Å². The van der Waals surface area contributed by atoms with Crippen molar-refractivity contribution in [1.82, 2.24) is 29.5 Å². The fourth-order valence-electron chi connectivity index (χ4n) is 3.47. The normalized spacial score (nSPS) is 10.4. The van der Waals surface area contributed by atoms with Crippen LogP contribution in [0.2, 0.25) is 0 Å². The van der Waals surface area contributed by atoms with Gasteiger partial charge in [0.1, 0.15) is 59.4 Å². The van der Waals surface area contributed by atoms with Crippen LogP contribution < -0.4 is 34.4 Å². The summed E-state index contributed by atoms with van der Waals surface area (Å²) >= 11 is 0. The Bertz CT molecular complexity index is 1460. The summed E-state index contributed by atoms with van der Waals surface area (Å²) in [5.74, 6) is 0. The summed E-state index contributed by atoms with van der Waals surface area (Å²) in [7, 11) is 0. The maximum absolute atomic E-state index is 11.0. The second-order valence-corrected chi connectivity index (χ2v) is 7.28. The van der Waals surface area contributed by atoms with Crippen LogP contribution in [-0.4, -0.2) is 49.2 Å². The van der Waals surface area contributed by atoms with E-state index in [0.717, 1.165) is 34.7 Å². The highest BCUT2D eigenvalue weighted by Crippen LogP contribution is 2.47. The molecule has 2 aromatic heterocycles. The van der Waals surface area contributed by atoms with Crippen molar-refractivity contribution in [3.05, 3.63) is 65.8 Å². The minimum absolute atomic E-state index is 0.213. The number of nitrogens with two attached hydrogens (primary N) is 6. The van der Waals surface area contributed by atoms with Crippen molar-refractivity contribution >= 4 is 56.9 Å². The number of aromatic nitrogens is 6. The zero-order valence-electron chi connectivity index (χ0n) is 19.5. The first-order chi connectivity index (χ1) is 18.7. The van der Waals surface area contributed by atoms with Gasteiger partial charge in [-0.15, -0.1) is 0 Å². The van der Waals surface area contributed by atoms with Gasteiger partial charge in [-0.2, -0.15) is 10.2 Å². The van der Waals surface area contributed by atoms with Crippen molar-refractivity contribution in [2.45, 2.75) is 0 Å². The fraction of sp³-hybridized carbons (Fsp3) is 0. The summed E-state index contributed by atoms with van der Waals surface area (Å²) in [4.78, 5) is 47.5. The van der Waals surface area contributed by atoms with Crippen molar-refractivity contribution in [2.75, 3.05) is 34.4 Å². The van der Waals surface area contributed by atoms with E-state index in [0.29, 0.717) is 0 Å². The van der Waals surface area contributed by atoms with Gasteiger partial charge in [0.15, 0.2) is 11.4 Å². The SMILES string of the molecule is Nc1c(-n2cncn2)c(N)c([N+](=O)[O-])c(N)c1[N+](=O)[O-].Nc1c(-n2cncn2)c(N)c([N+](=O)[O-])c(N)c1[N+](=O)[O-]. The summed E-state index contributed by atoms with van der Waals surface area (Å²) in [6, 6.07) is 0. The van der Waals surface area contributed by atoms with Gasteiger partial charge in [0.2, 0.25) is 0 Å². The topological polar surface area (TPSA) is 390 Å². The summed E-state index contributed by atoms with van der Waals surface area (Å²) in [5.41, 5.74) is 26.6. The first-order valence-corrected chi connectivity index (χ1v) is 10.00. The third-order valence-electron chi connectivity index (χ3n) is 5.09. The Morgan fingerprint density at radius 1 is 0.500 bits per heavy atom. The van der Waals surface area contributed by atoms with Crippen LogP contribution in [-0.2, 0) is 0 Å². The standard InChI is InChI=1S/2C8H8N8O4/c2*9-3-6(14-2-12-1-13-14)4(10)8(16(19)20)5(11)7(3)15(17)18/h2*1-2H,9-11H2. The number of hydrogen-bond donors (Lipinski definition) is 6. The average molecular weight is 560 g/mol. The van der Waals surface area contributed by atoms with Crippen LogP contribution in [0.4, 0.5) is 56.9 Å². The van der Waals surface area contributed by atoms with E-state index in [-0.39, 0.29) is 11.4 Å². The fourth-order valence-corrected chi connectivity index (χ4v) is 3.47. The van der Waals surface area contributed by atoms with Crippen LogP contribution in [0.3, 0.4) is 0 Å². The molecule has 2 heterocycles. The number of anilines is 6. The van der Waals surface area contributed by atoms with Crippen molar-refractivity contribution in [3.63, 3.8) is 0 Å². The Kier molecular flexibility index (Phi) is 7.09. The third kappa shape index (κ3) is 4.51. The maximum atomic E-state index is 11.0. The van der Waals surface area contributed by atoms with E-state index in [2.05, 4.69) is 20.2 Å². The number of nitro benzene ring substituents is 4. The molecule has 12 N–H and O–H groups in total. The van der Waals surface area contributed by atoms with E-state index >= 15 is 0 Å². The van der Waals surface area contributed by atoms with Gasteiger partial charge in [-0.05, 0) is 0 Å². The molecule has 4 rings (SSSR count). The second-order valence-electron chi connectivity index (χ2n) is 7.28. The zero-order valence-corrected chi connectivity index (χ0v) is 19.5. The summed E-state index contributed by atoms with van der Waals surface area (Å²) in [5, 5.41) is 51.3. The highest BCUT2D eigenvalue weighted by atomic mass is 16.6. The largest absolute Gasteiger partial charge is 0.391 e. The number of nitrogens with zero attached hydrogens (tertiary/aromatic N) is 10. The molecule has 0 saturated carbocycles. The van der Waals surface area contributed by atoms with Gasteiger partial charge >= 0.3 is 22.7 Å². The van der Waals surface area contributed by atoms with Gasteiger partial charge in [0.25, 0.3) is 0 Å². The molecule has 0 unspecified atom stereocenters. The monoisotopic (exact) mass is 560 g/mol. The average Bonchev–Trinajstić information content (AvgIpc) is 3.53. The molecule has 0 aliphatic rings. The molecule has 0 bridgehead atoms. The van der Waals surface area contributed by atoms with Crippen LogP contribution in [0, 0.1) is 40.5 Å². The Balaban J connectivity index is 0.000000220. The van der Waals surface area contributed by atoms with Crippen molar-refractivity contribution in [1.29, 1.82) is 0 Å². The first-order valence-electron chi connectivity index (χ1n) is 10.00. The molecule has 0 atom stereocenters. The number of benzene rings is 2. The van der Waals surface area contributed by atoms with Crippen molar-refractivity contribution in [3.8, 4) is 11.4 Å². The predicted octanol–water partition coefficient (Wildman–Crippen LogP) is -0.339. The van der Waals surface area contributed by atoms with Gasteiger partial charge in [-0.3, -0.25) is 40.5 Å². The lowest BCUT2D eigenvalue weighted by Crippen LogP contribution is -2.13. The highest BCUT2D eigenvalue weighted by Gasteiger charge is 2.35. The van der Waals surface area contributed by atoms with Gasteiger partial charge in [-0.1, -0.05) is 0 Å². The molecular weight excluding hydrogens is 544 g/mol. The van der Waals surface area contributed by atoms with E-state index in [1.807, 2.05) is 0 Å². The maximum Gasteiger partial charge on any atom is 0.324 e. The number of rotatable bonds is 6. The lowest BCUT2D eigenvalue weighted by Gasteiger charge is -2.11. The van der Waals surface area contributed by atoms with Crippen molar-refractivity contribution < 1.29 is 19.7 Å². The van der Waals surface area contributed by atoms with E-state index < -0.39 is 76.6 Å². The van der Waals surface area contributed by atoms with Crippen molar-refractivity contribution in [2.24, 2.45) is 0 Å². The zero-order chi connectivity index (χ0) is 30.0. The van der Waals surface area contributed by atoms with Gasteiger partial charge < -0.3 is 34.4 Å². The summed E-state index contributed by atoms with van der Waals surface area (Å²) < 4.78 is 1.98. The Morgan fingerprint density at radius 2 is 0.750 bits per heavy atom. The van der Waals surface area contributed by atoms with Crippen LogP contribution in [0.15, 0.2) is 25.3 Å². The Labute approximate surface area is 218 Å². The van der Waals surface area contributed by atoms with Crippen LogP contribution >= 0.6 is 0 Å². The molecular formula is C16H16N16O8. The molecule has 208 valence electrons. The summed E-state index contributed by atoms with van der Waals surface area (Å²) in [6.07, 6.45) is 4.52. The Morgan fingerprint density at radius 3 is 0.925 bits per heavy atom. The van der Waals surface area contributed by atoms with Crippen LogP contribution in [0.25, 0.3) is 11.4 Å². The molecule has 0 spiro atoms. The minimum atomic E-state index is -0.919. The smallest absolute Gasteiger partial charge is 0.324 e. The van der Waals surface area contributed by atoms with E-state index in [4.69, 9.17) is 34.4 Å². The third-order valence-corrected chi connectivity index (χ3v) is 5.09. The lowest BCUT2D eigenvalue weighted by molar-refractivity contribution is -0.391. The van der Waals surface area contributed by atoms with Crippen LogP contribution in [0.1, 0.15) is 0 Å². The molecule has 24 nitrogen and oxygen atoms in total. The molecule has 0 aliphatic heterocycles. The highest BCUT2D eigenvalue weighted by molar-refractivity contribution is 5.97. The molecule has 24 heteroatoms. The van der Waals surface area contributed by atoms with Gasteiger partial charge in [-0.25, -0.2) is 19.3 Å². The number of nitro groups is 4. The minimum Gasteiger partial charge on any atom is -0.391 e. The number of nitrogen functional groups attached to an aromatic ring is 6.